The van der Waals surface area contributed by atoms with Crippen LogP contribution in [0.2, 0.25) is 0 Å². The lowest BCUT2D eigenvalue weighted by Gasteiger charge is -2.19. The van der Waals surface area contributed by atoms with E-state index >= 15 is 0 Å². The van der Waals surface area contributed by atoms with Crippen LogP contribution >= 0.6 is 0 Å². The van der Waals surface area contributed by atoms with E-state index in [9.17, 15) is 18.0 Å². The van der Waals surface area contributed by atoms with E-state index in [2.05, 4.69) is 4.74 Å². The summed E-state index contributed by atoms with van der Waals surface area (Å²) < 4.78 is 51.5. The normalized spacial score (nSPS) is 11.1. The zero-order valence-corrected chi connectivity index (χ0v) is 15.9. The number of nitrogens with zero attached hydrogens (tertiary/aromatic N) is 1. The largest absolute Gasteiger partial charge is 0.573 e. The van der Waals surface area contributed by atoms with E-state index in [-0.39, 0.29) is 18.2 Å². The number of benzene rings is 2. The van der Waals surface area contributed by atoms with Crippen molar-refractivity contribution in [3.8, 4) is 17.2 Å². The number of halogens is 3. The predicted octanol–water partition coefficient (Wildman–Crippen LogP) is 4.65. The van der Waals surface area contributed by atoms with Crippen LogP contribution in [0.25, 0.3) is 0 Å². The molecule has 0 N–H and O–H groups in total. The van der Waals surface area contributed by atoms with Crippen molar-refractivity contribution in [1.82, 2.24) is 4.90 Å². The summed E-state index contributed by atoms with van der Waals surface area (Å²) in [7, 11) is 1.61. The Labute approximate surface area is 161 Å². The van der Waals surface area contributed by atoms with Crippen LogP contribution in [-0.4, -0.2) is 37.4 Å². The second-order valence-electron chi connectivity index (χ2n) is 5.88. The fraction of sp³-hybridized carbons (Fsp3) is 0.350. The van der Waals surface area contributed by atoms with Crippen LogP contribution in [-0.2, 0) is 6.54 Å². The van der Waals surface area contributed by atoms with Gasteiger partial charge in [0.2, 0.25) is 0 Å². The molecule has 2 rings (SSSR count). The fourth-order valence-corrected chi connectivity index (χ4v) is 2.55. The first-order chi connectivity index (χ1) is 13.2. The van der Waals surface area contributed by atoms with Gasteiger partial charge in [-0.3, -0.25) is 4.79 Å². The van der Waals surface area contributed by atoms with Crippen LogP contribution in [0.5, 0.6) is 17.2 Å². The fourth-order valence-electron chi connectivity index (χ4n) is 2.55. The summed E-state index contributed by atoms with van der Waals surface area (Å²) in [4.78, 5) is 14.1. The molecule has 0 aliphatic rings. The molecule has 8 heteroatoms. The van der Waals surface area contributed by atoms with Gasteiger partial charge >= 0.3 is 6.36 Å². The molecule has 5 nitrogen and oxygen atoms in total. The molecule has 0 fully saturated rings. The third kappa shape index (κ3) is 6.07. The third-order valence-corrected chi connectivity index (χ3v) is 3.71. The maximum atomic E-state index is 12.7. The summed E-state index contributed by atoms with van der Waals surface area (Å²) in [6, 6.07) is 10.3. The van der Waals surface area contributed by atoms with Gasteiger partial charge in [-0.25, -0.2) is 0 Å². The van der Waals surface area contributed by atoms with Gasteiger partial charge in [0.05, 0.1) is 13.2 Å². The number of alkyl halides is 3. The number of carbonyl (C=O) groups is 1. The lowest BCUT2D eigenvalue weighted by atomic mass is 10.1. The summed E-state index contributed by atoms with van der Waals surface area (Å²) in [5.74, 6) is 0.485. The highest BCUT2D eigenvalue weighted by Gasteiger charge is 2.31. The minimum atomic E-state index is -4.74. The lowest BCUT2D eigenvalue weighted by Crippen LogP contribution is -2.26. The Bertz CT molecular complexity index is 791. The van der Waals surface area contributed by atoms with Crippen LogP contribution < -0.4 is 14.2 Å². The quantitative estimate of drug-likeness (QED) is 0.650. The van der Waals surface area contributed by atoms with Crippen LogP contribution in [0.1, 0.15) is 29.8 Å². The van der Waals surface area contributed by atoms with E-state index in [1.807, 2.05) is 13.8 Å². The summed E-state index contributed by atoms with van der Waals surface area (Å²) >= 11 is 0. The molecule has 0 saturated carbocycles. The first-order valence-corrected chi connectivity index (χ1v) is 8.73. The van der Waals surface area contributed by atoms with Gasteiger partial charge in [0.25, 0.3) is 5.91 Å². The van der Waals surface area contributed by atoms with Crippen LogP contribution in [0.3, 0.4) is 0 Å². The van der Waals surface area contributed by atoms with E-state index in [0.717, 1.165) is 0 Å². The molecule has 1 amide bonds. The highest BCUT2D eigenvalue weighted by atomic mass is 19.4. The van der Waals surface area contributed by atoms with Gasteiger partial charge in [0.15, 0.2) is 11.5 Å². The highest BCUT2D eigenvalue weighted by molar-refractivity contribution is 5.94. The molecule has 0 aliphatic carbocycles. The summed E-state index contributed by atoms with van der Waals surface area (Å²) in [5.41, 5.74) is 1.09. The zero-order valence-electron chi connectivity index (χ0n) is 15.9. The first-order valence-electron chi connectivity index (χ1n) is 8.73. The predicted molar refractivity (Wildman–Crippen MR) is 97.7 cm³/mol. The van der Waals surface area contributed by atoms with Gasteiger partial charge in [-0.2, -0.15) is 0 Å². The van der Waals surface area contributed by atoms with Gasteiger partial charge < -0.3 is 19.1 Å². The molecule has 0 spiro atoms. The molecule has 0 unspecified atom stereocenters. The van der Waals surface area contributed by atoms with Crippen molar-refractivity contribution in [2.45, 2.75) is 26.8 Å². The average Bonchev–Trinajstić information content (AvgIpc) is 2.63. The Morgan fingerprint density at radius 2 is 1.57 bits per heavy atom. The minimum Gasteiger partial charge on any atom is -0.490 e. The maximum absolute atomic E-state index is 12.7. The van der Waals surface area contributed by atoms with Crippen molar-refractivity contribution in [2.75, 3.05) is 20.3 Å². The SMILES string of the molecule is CCOc1ccc(C(=O)N(C)Cc2ccc(OC(F)(F)F)cc2)cc1OCC. The molecule has 0 atom stereocenters. The van der Waals surface area contributed by atoms with E-state index in [1.54, 1.807) is 25.2 Å². The molecule has 0 aliphatic heterocycles. The molecule has 0 heterocycles. The maximum Gasteiger partial charge on any atom is 0.573 e. The Morgan fingerprint density at radius 3 is 2.14 bits per heavy atom. The second kappa shape index (κ2) is 9.34. The van der Waals surface area contributed by atoms with Crippen LogP contribution in [0.4, 0.5) is 13.2 Å². The van der Waals surface area contributed by atoms with Gasteiger partial charge in [0.1, 0.15) is 5.75 Å². The van der Waals surface area contributed by atoms with E-state index in [1.165, 1.54) is 29.2 Å². The lowest BCUT2D eigenvalue weighted by molar-refractivity contribution is -0.274. The highest BCUT2D eigenvalue weighted by Crippen LogP contribution is 2.29. The van der Waals surface area contributed by atoms with E-state index in [4.69, 9.17) is 9.47 Å². The Morgan fingerprint density at radius 1 is 0.964 bits per heavy atom. The topological polar surface area (TPSA) is 48.0 Å². The average molecular weight is 397 g/mol. The minimum absolute atomic E-state index is 0.225. The monoisotopic (exact) mass is 397 g/mol. The van der Waals surface area contributed by atoms with E-state index < -0.39 is 6.36 Å². The van der Waals surface area contributed by atoms with Crippen molar-refractivity contribution < 1.29 is 32.2 Å². The Hall–Kier alpha value is -2.90. The smallest absolute Gasteiger partial charge is 0.490 e. The first kappa shape index (κ1) is 21.4. The summed E-state index contributed by atoms with van der Waals surface area (Å²) in [6.07, 6.45) is -4.74. The van der Waals surface area contributed by atoms with Gasteiger partial charge in [0, 0.05) is 19.2 Å². The van der Waals surface area contributed by atoms with Gasteiger partial charge in [-0.15, -0.1) is 13.2 Å². The number of ether oxygens (including phenoxy) is 3. The van der Waals surface area contributed by atoms with Gasteiger partial charge in [-0.05, 0) is 49.7 Å². The number of amides is 1. The van der Waals surface area contributed by atoms with Crippen molar-refractivity contribution in [2.24, 2.45) is 0 Å². The van der Waals surface area contributed by atoms with E-state index in [0.29, 0.717) is 35.8 Å². The van der Waals surface area contributed by atoms with Crippen molar-refractivity contribution >= 4 is 5.91 Å². The van der Waals surface area contributed by atoms with Crippen molar-refractivity contribution in [3.05, 3.63) is 53.6 Å². The molecule has 0 radical (unpaired) electrons. The molecule has 0 aromatic heterocycles. The molecule has 2 aromatic carbocycles. The Balaban J connectivity index is 2.08. The molecule has 2 aromatic rings. The third-order valence-electron chi connectivity index (χ3n) is 3.71. The molecule has 0 bridgehead atoms. The van der Waals surface area contributed by atoms with Gasteiger partial charge in [-0.1, -0.05) is 12.1 Å². The second-order valence-corrected chi connectivity index (χ2v) is 5.88. The molecular weight excluding hydrogens is 375 g/mol. The number of rotatable bonds is 8. The summed E-state index contributed by atoms with van der Waals surface area (Å²) in [6.45, 7) is 4.82. The standard InChI is InChI=1S/C20H22F3NO4/c1-4-26-17-11-8-15(12-18(17)27-5-2)19(25)24(3)13-14-6-9-16(10-7-14)28-20(21,22)23/h6-12H,4-5,13H2,1-3H3. The number of hydrogen-bond donors (Lipinski definition) is 0. The number of carbonyl (C=O) groups excluding carboxylic acids is 1. The molecule has 152 valence electrons. The summed E-state index contributed by atoms with van der Waals surface area (Å²) in [5, 5.41) is 0. The van der Waals surface area contributed by atoms with Crippen molar-refractivity contribution in [1.29, 1.82) is 0 Å². The molecular formula is C20H22F3NO4. The van der Waals surface area contributed by atoms with Crippen molar-refractivity contribution in [3.63, 3.8) is 0 Å². The molecule has 28 heavy (non-hydrogen) atoms. The van der Waals surface area contributed by atoms with Crippen LogP contribution in [0, 0.1) is 0 Å². The van der Waals surface area contributed by atoms with Crippen LogP contribution in [0.15, 0.2) is 42.5 Å². The Kier molecular flexibility index (Phi) is 7.14. The number of hydrogen-bond acceptors (Lipinski definition) is 4. The molecule has 0 saturated heterocycles. The zero-order chi connectivity index (χ0) is 20.7.